The van der Waals surface area contributed by atoms with E-state index in [0.717, 1.165) is 56.6 Å². The Morgan fingerprint density at radius 3 is 2.83 bits per heavy atom. The molecule has 4 aliphatic rings. The van der Waals surface area contributed by atoms with Crippen LogP contribution in [0.3, 0.4) is 0 Å². The fourth-order valence-corrected chi connectivity index (χ4v) is 6.25. The molecule has 1 aromatic rings. The van der Waals surface area contributed by atoms with Crippen molar-refractivity contribution in [1.29, 1.82) is 0 Å². The molecule has 192 valence electrons. The van der Waals surface area contributed by atoms with Gasteiger partial charge in [0.2, 0.25) is 5.91 Å². The van der Waals surface area contributed by atoms with Gasteiger partial charge in [-0.2, -0.15) is 0 Å². The summed E-state index contributed by atoms with van der Waals surface area (Å²) < 4.78 is 12.4. The minimum atomic E-state index is -1.03. The van der Waals surface area contributed by atoms with Crippen molar-refractivity contribution in [2.45, 2.75) is 102 Å². The third kappa shape index (κ3) is 5.49. The van der Waals surface area contributed by atoms with Gasteiger partial charge in [-0.05, 0) is 88.6 Å². The van der Waals surface area contributed by atoms with E-state index in [9.17, 15) is 14.7 Å². The van der Waals surface area contributed by atoms with Crippen LogP contribution < -0.4 is 15.4 Å². The van der Waals surface area contributed by atoms with E-state index in [-0.39, 0.29) is 23.5 Å². The molecule has 3 N–H and O–H groups in total. The molecule has 5 atom stereocenters. The second kappa shape index (κ2) is 10.1. The number of hydrogen-bond donors (Lipinski definition) is 3. The van der Waals surface area contributed by atoms with Crippen LogP contribution >= 0.6 is 0 Å². The summed E-state index contributed by atoms with van der Waals surface area (Å²) in [5.74, 6) is 1.15. The van der Waals surface area contributed by atoms with Crippen molar-refractivity contribution in [3.63, 3.8) is 0 Å². The molecule has 1 aliphatic carbocycles. The number of amides is 2. The van der Waals surface area contributed by atoms with E-state index in [1.165, 1.54) is 6.42 Å². The van der Waals surface area contributed by atoms with E-state index in [1.54, 1.807) is 4.90 Å². The van der Waals surface area contributed by atoms with Gasteiger partial charge in [-0.25, -0.2) is 0 Å². The highest BCUT2D eigenvalue weighted by atomic mass is 16.5. The average Bonchev–Trinajstić information content (AvgIpc) is 3.13. The number of ether oxygens (including phenoxy) is 2. The van der Waals surface area contributed by atoms with Crippen LogP contribution in [0.1, 0.15) is 81.1 Å². The summed E-state index contributed by atoms with van der Waals surface area (Å²) in [4.78, 5) is 26.2. The number of nitrogens with zero attached hydrogens (tertiary/aromatic N) is 1. The Bertz CT molecular complexity index is 951. The molecule has 2 saturated heterocycles. The van der Waals surface area contributed by atoms with Gasteiger partial charge in [-0.15, -0.1) is 0 Å². The van der Waals surface area contributed by atoms with Crippen LogP contribution in [0.4, 0.5) is 0 Å². The van der Waals surface area contributed by atoms with Crippen molar-refractivity contribution in [2.75, 3.05) is 13.2 Å². The van der Waals surface area contributed by atoms with Crippen LogP contribution in [0.25, 0.3) is 0 Å². The minimum absolute atomic E-state index is 0.0396. The summed E-state index contributed by atoms with van der Waals surface area (Å²) in [5.41, 5.74) is 1.53. The Hall–Kier alpha value is -2.16. The number of aliphatic hydroxyl groups is 1. The standard InChI is InChI=1S/C27H39N3O5/c1-27(2)14-17(11-12-34-27)15-28-21-5-3-4-6-23(21)35-19-7-8-20-18(13-19)16-30(26(20)33)22-9-10-24(31)29-25(22)32/h7-8,13,17,21-23,25,28,32H,3-6,9-12,14-16H2,1-2H3,(H,29,31)/t17?,21-,22?,23-,25?/m0/s1. The second-order valence-electron chi connectivity index (χ2n) is 11.3. The van der Waals surface area contributed by atoms with Crippen molar-refractivity contribution in [3.05, 3.63) is 29.3 Å². The molecule has 5 rings (SSSR count). The third-order valence-electron chi connectivity index (χ3n) is 8.11. The molecule has 3 aliphatic heterocycles. The largest absolute Gasteiger partial charge is 0.489 e. The lowest BCUT2D eigenvalue weighted by Gasteiger charge is -2.38. The Kier molecular flexibility index (Phi) is 7.06. The topological polar surface area (TPSA) is 100 Å². The van der Waals surface area contributed by atoms with Gasteiger partial charge < -0.3 is 30.1 Å². The number of benzene rings is 1. The Balaban J connectivity index is 1.21. The van der Waals surface area contributed by atoms with Crippen LogP contribution in [-0.4, -0.2) is 65.0 Å². The van der Waals surface area contributed by atoms with Gasteiger partial charge in [0.1, 0.15) is 18.1 Å². The van der Waals surface area contributed by atoms with Gasteiger partial charge >= 0.3 is 0 Å². The van der Waals surface area contributed by atoms with Crippen molar-refractivity contribution in [1.82, 2.24) is 15.5 Å². The quantitative estimate of drug-likeness (QED) is 0.573. The van der Waals surface area contributed by atoms with E-state index in [4.69, 9.17) is 9.47 Å². The fraction of sp³-hybridized carbons (Fsp3) is 0.704. The number of carbonyl (C=O) groups is 2. The van der Waals surface area contributed by atoms with E-state index in [2.05, 4.69) is 24.5 Å². The molecule has 3 heterocycles. The predicted octanol–water partition coefficient (Wildman–Crippen LogP) is 2.72. The highest BCUT2D eigenvalue weighted by Gasteiger charge is 2.39. The number of aliphatic hydroxyl groups excluding tert-OH is 1. The third-order valence-corrected chi connectivity index (χ3v) is 8.11. The van der Waals surface area contributed by atoms with Gasteiger partial charge in [-0.3, -0.25) is 9.59 Å². The summed E-state index contributed by atoms with van der Waals surface area (Å²) >= 11 is 0. The molecule has 1 saturated carbocycles. The molecule has 0 radical (unpaired) electrons. The van der Waals surface area contributed by atoms with Crippen LogP contribution in [0.2, 0.25) is 0 Å². The van der Waals surface area contributed by atoms with Crippen molar-refractivity contribution in [3.8, 4) is 5.75 Å². The smallest absolute Gasteiger partial charge is 0.254 e. The zero-order chi connectivity index (χ0) is 24.6. The lowest BCUT2D eigenvalue weighted by atomic mass is 9.87. The van der Waals surface area contributed by atoms with Gasteiger partial charge in [0.25, 0.3) is 5.91 Å². The molecule has 3 unspecified atom stereocenters. The molecule has 8 nitrogen and oxygen atoms in total. The van der Waals surface area contributed by atoms with E-state index in [1.807, 2.05) is 18.2 Å². The highest BCUT2D eigenvalue weighted by Crippen LogP contribution is 2.33. The van der Waals surface area contributed by atoms with E-state index >= 15 is 0 Å². The van der Waals surface area contributed by atoms with E-state index < -0.39 is 12.3 Å². The lowest BCUT2D eigenvalue weighted by Crippen LogP contribution is -2.55. The first-order chi connectivity index (χ1) is 16.8. The zero-order valence-corrected chi connectivity index (χ0v) is 20.9. The molecule has 2 amide bonds. The van der Waals surface area contributed by atoms with Gasteiger partial charge in [0.15, 0.2) is 0 Å². The normalized spacial score (nSPS) is 32.8. The van der Waals surface area contributed by atoms with Crippen molar-refractivity contribution >= 4 is 11.8 Å². The highest BCUT2D eigenvalue weighted by molar-refractivity contribution is 5.99. The SMILES string of the molecule is CC1(C)CC(CN[C@H]2CCCC[C@@H]2Oc2ccc3c(c2)CN(C2CCC(=O)NC2O)C3=O)CCO1. The number of hydrogen-bond acceptors (Lipinski definition) is 6. The summed E-state index contributed by atoms with van der Waals surface area (Å²) in [7, 11) is 0. The molecule has 0 aromatic heterocycles. The molecule has 3 fully saturated rings. The Labute approximate surface area is 207 Å². The lowest BCUT2D eigenvalue weighted by molar-refractivity contribution is -0.129. The molecular weight excluding hydrogens is 446 g/mol. The van der Waals surface area contributed by atoms with Crippen LogP contribution in [-0.2, 0) is 16.1 Å². The number of fused-ring (bicyclic) bond motifs is 1. The predicted molar refractivity (Wildman–Crippen MR) is 131 cm³/mol. The number of piperidine rings is 1. The van der Waals surface area contributed by atoms with E-state index in [0.29, 0.717) is 36.9 Å². The Morgan fingerprint density at radius 1 is 1.20 bits per heavy atom. The summed E-state index contributed by atoms with van der Waals surface area (Å²) in [6, 6.07) is 5.64. The van der Waals surface area contributed by atoms with Crippen LogP contribution in [0.5, 0.6) is 5.75 Å². The summed E-state index contributed by atoms with van der Waals surface area (Å²) in [6.07, 6.45) is 6.55. The number of nitrogens with one attached hydrogen (secondary N) is 2. The fourth-order valence-electron chi connectivity index (χ4n) is 6.25. The maximum absolute atomic E-state index is 13.0. The monoisotopic (exact) mass is 485 g/mol. The number of carbonyl (C=O) groups excluding carboxylic acids is 2. The maximum atomic E-state index is 13.0. The number of rotatable bonds is 6. The average molecular weight is 486 g/mol. The summed E-state index contributed by atoms with van der Waals surface area (Å²) in [6.45, 7) is 6.60. The second-order valence-corrected chi connectivity index (χ2v) is 11.3. The van der Waals surface area contributed by atoms with Crippen LogP contribution in [0.15, 0.2) is 18.2 Å². The van der Waals surface area contributed by atoms with Gasteiger partial charge in [0.05, 0.1) is 11.6 Å². The van der Waals surface area contributed by atoms with Gasteiger partial charge in [0, 0.05) is 31.2 Å². The van der Waals surface area contributed by atoms with Crippen molar-refractivity contribution in [2.24, 2.45) is 5.92 Å². The molecule has 0 bridgehead atoms. The molecule has 8 heteroatoms. The molecule has 35 heavy (non-hydrogen) atoms. The molecule has 0 spiro atoms. The van der Waals surface area contributed by atoms with Gasteiger partial charge in [-0.1, -0.05) is 6.42 Å². The van der Waals surface area contributed by atoms with Crippen LogP contribution in [0, 0.1) is 5.92 Å². The zero-order valence-electron chi connectivity index (χ0n) is 20.9. The van der Waals surface area contributed by atoms with Crippen molar-refractivity contribution < 1.29 is 24.2 Å². The molecular formula is C27H39N3O5. The first-order valence-corrected chi connectivity index (χ1v) is 13.2. The summed E-state index contributed by atoms with van der Waals surface area (Å²) in [5, 5.41) is 16.7. The Morgan fingerprint density at radius 2 is 2.03 bits per heavy atom. The minimum Gasteiger partial charge on any atom is -0.489 e. The first-order valence-electron chi connectivity index (χ1n) is 13.2. The maximum Gasteiger partial charge on any atom is 0.254 e. The first kappa shape index (κ1) is 24.5. The molecule has 1 aromatic carbocycles.